The Bertz CT molecular complexity index is 315. The zero-order chi connectivity index (χ0) is 9.84. The molecule has 0 spiro atoms. The first-order chi connectivity index (χ1) is 6.11. The molecule has 2 N–H and O–H groups in total. The van der Waals surface area contributed by atoms with E-state index in [0.29, 0.717) is 0 Å². The fourth-order valence-corrected chi connectivity index (χ4v) is 0.985. The molecule has 0 fully saturated rings. The number of pyridine rings is 1. The van der Waals surface area contributed by atoms with Crippen LogP contribution < -0.4 is 5.32 Å². The Labute approximate surface area is 80.6 Å². The van der Waals surface area contributed by atoms with Crippen LogP contribution in [0.5, 0.6) is 0 Å². The number of hydrogen-bond acceptors (Lipinski definition) is 3. The van der Waals surface area contributed by atoms with Gasteiger partial charge in [0, 0.05) is 6.20 Å². The predicted octanol–water partition coefficient (Wildman–Crippen LogP) is 1.78. The second-order valence-corrected chi connectivity index (χ2v) is 3.12. The molecule has 5 heteroatoms. The molecule has 0 aliphatic rings. The number of carboxylic acid groups (broad SMARTS) is 1. The molecular formula is C8H9ClN2O2. The van der Waals surface area contributed by atoms with Gasteiger partial charge in [0.05, 0.1) is 5.50 Å². The third-order valence-corrected chi connectivity index (χ3v) is 1.48. The van der Waals surface area contributed by atoms with Crippen LogP contribution in [0.2, 0.25) is 0 Å². The van der Waals surface area contributed by atoms with Gasteiger partial charge in [0.2, 0.25) is 0 Å². The average Bonchev–Trinajstić information content (AvgIpc) is 2.03. The molecular weight excluding hydrogens is 192 g/mol. The minimum absolute atomic E-state index is 0.120. The first-order valence-electron chi connectivity index (χ1n) is 3.70. The number of carboxylic acids is 1. The van der Waals surface area contributed by atoms with Crippen LogP contribution in [0.1, 0.15) is 17.3 Å². The van der Waals surface area contributed by atoms with Gasteiger partial charge in [0.15, 0.2) is 0 Å². The highest BCUT2D eigenvalue weighted by Gasteiger charge is 2.10. The van der Waals surface area contributed by atoms with Crippen molar-refractivity contribution >= 4 is 23.4 Å². The molecule has 1 aromatic rings. The van der Waals surface area contributed by atoms with Crippen LogP contribution in [0.3, 0.4) is 0 Å². The van der Waals surface area contributed by atoms with Crippen molar-refractivity contribution in [1.82, 2.24) is 4.98 Å². The number of hydrogen-bond donors (Lipinski definition) is 2. The lowest BCUT2D eigenvalue weighted by atomic mass is 10.2. The van der Waals surface area contributed by atoms with Gasteiger partial charge in [-0.25, -0.2) is 9.78 Å². The van der Waals surface area contributed by atoms with E-state index < -0.39 is 5.97 Å². The smallest absolute Gasteiger partial charge is 0.339 e. The number of rotatable bonds is 3. The molecule has 0 aliphatic carbocycles. The normalized spacial score (nSPS) is 12.2. The summed E-state index contributed by atoms with van der Waals surface area (Å²) in [5.74, 6) is -0.731. The summed E-state index contributed by atoms with van der Waals surface area (Å²) in [6, 6.07) is 3.03. The Morgan fingerprint density at radius 3 is 3.00 bits per heavy atom. The molecule has 0 amide bonds. The zero-order valence-corrected chi connectivity index (χ0v) is 7.75. The number of carbonyl (C=O) groups is 1. The van der Waals surface area contributed by atoms with Crippen LogP contribution in [-0.2, 0) is 0 Å². The van der Waals surface area contributed by atoms with Crippen molar-refractivity contribution in [3.63, 3.8) is 0 Å². The van der Waals surface area contributed by atoms with Crippen LogP contribution in [0.4, 0.5) is 5.82 Å². The van der Waals surface area contributed by atoms with Crippen LogP contribution in [-0.4, -0.2) is 21.6 Å². The van der Waals surface area contributed by atoms with Gasteiger partial charge in [-0.3, -0.25) is 0 Å². The Hall–Kier alpha value is -1.29. The summed E-state index contributed by atoms with van der Waals surface area (Å²) in [6.45, 7) is 1.70. The van der Waals surface area contributed by atoms with Crippen LogP contribution in [0.15, 0.2) is 18.3 Å². The topological polar surface area (TPSA) is 62.2 Å². The fraction of sp³-hybridized carbons (Fsp3) is 0.250. The van der Waals surface area contributed by atoms with E-state index in [2.05, 4.69) is 10.3 Å². The van der Waals surface area contributed by atoms with Crippen molar-refractivity contribution in [1.29, 1.82) is 0 Å². The van der Waals surface area contributed by atoms with E-state index in [1.807, 2.05) is 0 Å². The molecule has 4 nitrogen and oxygen atoms in total. The van der Waals surface area contributed by atoms with Crippen molar-refractivity contribution in [2.75, 3.05) is 5.32 Å². The number of nitrogens with zero attached hydrogens (tertiary/aromatic N) is 1. The molecule has 0 radical (unpaired) electrons. The summed E-state index contributed by atoms with van der Waals surface area (Å²) in [4.78, 5) is 14.5. The van der Waals surface area contributed by atoms with Gasteiger partial charge in [-0.2, -0.15) is 0 Å². The van der Waals surface area contributed by atoms with Crippen molar-refractivity contribution < 1.29 is 9.90 Å². The quantitative estimate of drug-likeness (QED) is 0.577. The SMILES string of the molecule is CC(Cl)Nc1ncccc1C(=O)O. The minimum atomic E-state index is -1.02. The van der Waals surface area contributed by atoms with Crippen LogP contribution >= 0.6 is 11.6 Å². The summed E-state index contributed by atoms with van der Waals surface area (Å²) >= 11 is 5.64. The summed E-state index contributed by atoms with van der Waals surface area (Å²) in [5, 5.41) is 11.5. The first-order valence-corrected chi connectivity index (χ1v) is 4.14. The Morgan fingerprint density at radius 1 is 1.77 bits per heavy atom. The second-order valence-electron chi connectivity index (χ2n) is 2.47. The maximum atomic E-state index is 10.7. The summed E-state index contributed by atoms with van der Waals surface area (Å²) < 4.78 is 0. The standard InChI is InChI=1S/C8H9ClN2O2/c1-5(9)11-7-6(8(12)13)3-2-4-10-7/h2-5H,1H3,(H,10,11)(H,12,13). The van der Waals surface area contributed by atoms with Gasteiger partial charge in [0.25, 0.3) is 0 Å². The van der Waals surface area contributed by atoms with E-state index >= 15 is 0 Å². The van der Waals surface area contributed by atoms with E-state index in [-0.39, 0.29) is 16.9 Å². The lowest BCUT2D eigenvalue weighted by Gasteiger charge is -2.08. The maximum Gasteiger partial charge on any atom is 0.339 e. The van der Waals surface area contributed by atoms with Gasteiger partial charge in [-0.1, -0.05) is 11.6 Å². The maximum absolute atomic E-state index is 10.7. The minimum Gasteiger partial charge on any atom is -0.478 e. The van der Waals surface area contributed by atoms with E-state index in [1.54, 1.807) is 13.0 Å². The van der Waals surface area contributed by atoms with E-state index in [1.165, 1.54) is 12.3 Å². The molecule has 1 heterocycles. The van der Waals surface area contributed by atoms with Gasteiger partial charge >= 0.3 is 5.97 Å². The number of aromatic carboxylic acids is 1. The lowest BCUT2D eigenvalue weighted by Crippen LogP contribution is -2.12. The molecule has 0 aromatic carbocycles. The third-order valence-electron chi connectivity index (χ3n) is 1.37. The van der Waals surface area contributed by atoms with E-state index in [0.717, 1.165) is 0 Å². The summed E-state index contributed by atoms with van der Waals surface area (Å²) in [5.41, 5.74) is -0.233. The largest absolute Gasteiger partial charge is 0.478 e. The van der Waals surface area contributed by atoms with Crippen molar-refractivity contribution in [2.24, 2.45) is 0 Å². The van der Waals surface area contributed by atoms with Gasteiger partial charge in [-0.15, -0.1) is 0 Å². The van der Waals surface area contributed by atoms with Crippen molar-refractivity contribution in [2.45, 2.75) is 12.4 Å². The van der Waals surface area contributed by atoms with Crippen LogP contribution in [0.25, 0.3) is 0 Å². The van der Waals surface area contributed by atoms with E-state index in [4.69, 9.17) is 16.7 Å². The molecule has 1 rings (SSSR count). The molecule has 13 heavy (non-hydrogen) atoms. The molecule has 0 saturated carbocycles. The van der Waals surface area contributed by atoms with Gasteiger partial charge < -0.3 is 10.4 Å². The molecule has 1 unspecified atom stereocenters. The molecule has 0 aliphatic heterocycles. The highest BCUT2D eigenvalue weighted by atomic mass is 35.5. The zero-order valence-electron chi connectivity index (χ0n) is 6.99. The highest BCUT2D eigenvalue weighted by Crippen LogP contribution is 2.13. The number of halogens is 1. The number of nitrogens with one attached hydrogen (secondary N) is 1. The van der Waals surface area contributed by atoms with Crippen molar-refractivity contribution in [3.05, 3.63) is 23.9 Å². The Balaban J connectivity index is 2.98. The summed E-state index contributed by atoms with van der Waals surface area (Å²) in [6.07, 6.45) is 1.51. The number of alkyl halides is 1. The first kappa shape index (κ1) is 9.80. The molecule has 0 bridgehead atoms. The van der Waals surface area contributed by atoms with Crippen LogP contribution in [0, 0.1) is 0 Å². The van der Waals surface area contributed by atoms with Crippen molar-refractivity contribution in [3.8, 4) is 0 Å². The lowest BCUT2D eigenvalue weighted by molar-refractivity contribution is 0.0697. The predicted molar refractivity (Wildman–Crippen MR) is 50.1 cm³/mol. The van der Waals surface area contributed by atoms with Gasteiger partial charge in [-0.05, 0) is 19.1 Å². The molecule has 1 atom stereocenters. The Morgan fingerprint density at radius 2 is 2.46 bits per heavy atom. The number of anilines is 1. The molecule has 70 valence electrons. The summed E-state index contributed by atoms with van der Waals surface area (Å²) in [7, 11) is 0. The van der Waals surface area contributed by atoms with Gasteiger partial charge in [0.1, 0.15) is 11.4 Å². The second kappa shape index (κ2) is 4.09. The number of aromatic nitrogens is 1. The molecule has 0 saturated heterocycles. The third kappa shape index (κ3) is 2.59. The Kier molecular flexibility index (Phi) is 3.08. The van der Waals surface area contributed by atoms with E-state index in [9.17, 15) is 4.79 Å². The molecule has 1 aromatic heterocycles. The fourth-order valence-electron chi connectivity index (χ4n) is 0.881. The average molecular weight is 201 g/mol. The monoisotopic (exact) mass is 200 g/mol. The highest BCUT2D eigenvalue weighted by molar-refractivity contribution is 6.21.